The number of urea groups is 1. The number of hydrogen-bond acceptors (Lipinski definition) is 5. The van der Waals surface area contributed by atoms with E-state index >= 15 is 0 Å². The zero-order valence-corrected chi connectivity index (χ0v) is 10.8. The van der Waals surface area contributed by atoms with Crippen molar-refractivity contribution in [1.82, 2.24) is 0 Å². The number of carbonyl (C=O) groups is 1. The first-order chi connectivity index (χ1) is 10.1. The maximum Gasteiger partial charge on any atom is 0.323 e. The predicted molar refractivity (Wildman–Crippen MR) is 75.0 cm³/mol. The summed E-state index contributed by atoms with van der Waals surface area (Å²) in [7, 11) is 0. The maximum atomic E-state index is 11.8. The van der Waals surface area contributed by atoms with Crippen molar-refractivity contribution in [2.45, 2.75) is 0 Å². The van der Waals surface area contributed by atoms with Crippen molar-refractivity contribution >= 4 is 17.4 Å². The van der Waals surface area contributed by atoms with Gasteiger partial charge in [0.2, 0.25) is 6.79 Å². The molecule has 0 bridgehead atoms. The molecule has 0 fully saturated rings. The molecule has 0 atom stereocenters. The average Bonchev–Trinajstić information content (AvgIpc) is 2.84. The lowest BCUT2D eigenvalue weighted by atomic mass is 10.2. The van der Waals surface area contributed by atoms with Crippen molar-refractivity contribution in [3.8, 4) is 23.0 Å². The second-order valence-corrected chi connectivity index (χ2v) is 4.39. The summed E-state index contributed by atoms with van der Waals surface area (Å²) in [5, 5.41) is 23.8. The van der Waals surface area contributed by atoms with Gasteiger partial charge in [0.15, 0.2) is 11.5 Å². The molecular formula is C14H12N2O5. The molecule has 4 N–H and O–H groups in total. The van der Waals surface area contributed by atoms with Gasteiger partial charge in [-0.3, -0.25) is 0 Å². The molecule has 0 radical (unpaired) electrons. The lowest BCUT2D eigenvalue weighted by Gasteiger charge is -2.09. The molecule has 0 saturated carbocycles. The molecule has 2 aromatic rings. The smallest absolute Gasteiger partial charge is 0.323 e. The van der Waals surface area contributed by atoms with Crippen LogP contribution in [0.25, 0.3) is 0 Å². The minimum absolute atomic E-state index is 0.145. The van der Waals surface area contributed by atoms with Crippen molar-refractivity contribution in [3.05, 3.63) is 36.4 Å². The molecule has 0 aliphatic carbocycles. The lowest BCUT2D eigenvalue weighted by Crippen LogP contribution is -2.19. The van der Waals surface area contributed by atoms with Gasteiger partial charge in [0.1, 0.15) is 11.5 Å². The normalized spacial score (nSPS) is 12.0. The highest BCUT2D eigenvalue weighted by Crippen LogP contribution is 2.34. The molecule has 7 nitrogen and oxygen atoms in total. The number of nitrogens with one attached hydrogen (secondary N) is 2. The van der Waals surface area contributed by atoms with Crippen molar-refractivity contribution in [3.63, 3.8) is 0 Å². The number of amides is 2. The summed E-state index contributed by atoms with van der Waals surface area (Å²) in [6, 6.07) is 8.30. The molecule has 1 heterocycles. The van der Waals surface area contributed by atoms with E-state index in [9.17, 15) is 15.0 Å². The zero-order chi connectivity index (χ0) is 14.8. The minimum atomic E-state index is -0.515. The fourth-order valence-electron chi connectivity index (χ4n) is 1.94. The minimum Gasteiger partial charge on any atom is -0.508 e. The van der Waals surface area contributed by atoms with Crippen LogP contribution in [0.15, 0.2) is 36.4 Å². The van der Waals surface area contributed by atoms with E-state index in [0.29, 0.717) is 17.2 Å². The number of carbonyl (C=O) groups excluding carboxylic acids is 1. The summed E-state index contributed by atoms with van der Waals surface area (Å²) in [6.45, 7) is 0.160. The molecule has 3 rings (SSSR count). The first-order valence-electron chi connectivity index (χ1n) is 6.11. The van der Waals surface area contributed by atoms with Gasteiger partial charge in [0, 0.05) is 35.6 Å². The van der Waals surface area contributed by atoms with Gasteiger partial charge < -0.3 is 30.3 Å². The predicted octanol–water partition coefficient (Wildman–Crippen LogP) is 2.47. The topological polar surface area (TPSA) is 100 Å². The summed E-state index contributed by atoms with van der Waals surface area (Å²) < 4.78 is 10.4. The SMILES string of the molecule is O=C(Nc1cc(O)cc(O)c1)Nc1ccc2c(c1)OCO2. The Morgan fingerprint density at radius 1 is 0.905 bits per heavy atom. The number of phenolic OH excluding ortho intramolecular Hbond substituents is 2. The van der Waals surface area contributed by atoms with Gasteiger partial charge in [-0.2, -0.15) is 0 Å². The Labute approximate surface area is 119 Å². The molecule has 21 heavy (non-hydrogen) atoms. The number of aromatic hydroxyl groups is 2. The number of benzene rings is 2. The summed E-state index contributed by atoms with van der Waals surface area (Å²) in [4.78, 5) is 11.8. The monoisotopic (exact) mass is 288 g/mol. The highest BCUT2D eigenvalue weighted by molar-refractivity contribution is 6.00. The van der Waals surface area contributed by atoms with E-state index in [1.807, 2.05) is 0 Å². The number of anilines is 2. The van der Waals surface area contributed by atoms with E-state index in [0.717, 1.165) is 0 Å². The van der Waals surface area contributed by atoms with Gasteiger partial charge in [-0.25, -0.2) is 4.79 Å². The number of fused-ring (bicyclic) bond motifs is 1. The molecule has 2 aromatic carbocycles. The van der Waals surface area contributed by atoms with Gasteiger partial charge >= 0.3 is 6.03 Å². The third-order valence-electron chi connectivity index (χ3n) is 2.79. The summed E-state index contributed by atoms with van der Waals surface area (Å²) in [6.07, 6.45) is 0. The van der Waals surface area contributed by atoms with E-state index in [1.54, 1.807) is 18.2 Å². The second-order valence-electron chi connectivity index (χ2n) is 4.39. The molecule has 0 saturated heterocycles. The molecular weight excluding hydrogens is 276 g/mol. The van der Waals surface area contributed by atoms with Crippen LogP contribution in [-0.2, 0) is 0 Å². The third-order valence-corrected chi connectivity index (χ3v) is 2.79. The lowest BCUT2D eigenvalue weighted by molar-refractivity contribution is 0.174. The Morgan fingerprint density at radius 3 is 2.33 bits per heavy atom. The Morgan fingerprint density at radius 2 is 1.57 bits per heavy atom. The van der Waals surface area contributed by atoms with Gasteiger partial charge in [-0.1, -0.05) is 0 Å². The van der Waals surface area contributed by atoms with Gasteiger partial charge in [-0.15, -0.1) is 0 Å². The molecule has 0 spiro atoms. The van der Waals surface area contributed by atoms with Crippen molar-refractivity contribution in [2.24, 2.45) is 0 Å². The number of hydrogen-bond donors (Lipinski definition) is 4. The largest absolute Gasteiger partial charge is 0.508 e. The van der Waals surface area contributed by atoms with Crippen molar-refractivity contribution in [1.29, 1.82) is 0 Å². The maximum absolute atomic E-state index is 11.8. The first kappa shape index (κ1) is 12.9. The van der Waals surface area contributed by atoms with Gasteiger partial charge in [0.25, 0.3) is 0 Å². The van der Waals surface area contributed by atoms with Crippen LogP contribution in [0.5, 0.6) is 23.0 Å². The van der Waals surface area contributed by atoms with Crippen LogP contribution in [0.3, 0.4) is 0 Å². The van der Waals surface area contributed by atoms with Crippen LogP contribution in [0.4, 0.5) is 16.2 Å². The average molecular weight is 288 g/mol. The second kappa shape index (κ2) is 5.12. The molecule has 1 aliphatic heterocycles. The van der Waals surface area contributed by atoms with E-state index in [1.165, 1.54) is 18.2 Å². The molecule has 0 aromatic heterocycles. The molecule has 0 unspecified atom stereocenters. The van der Waals surface area contributed by atoms with Crippen LogP contribution in [0, 0.1) is 0 Å². The quantitative estimate of drug-likeness (QED) is 0.680. The van der Waals surface area contributed by atoms with Crippen LogP contribution in [-0.4, -0.2) is 23.0 Å². The molecule has 108 valence electrons. The van der Waals surface area contributed by atoms with Gasteiger partial charge in [0.05, 0.1) is 0 Å². The molecule has 1 aliphatic rings. The van der Waals surface area contributed by atoms with Crippen LogP contribution >= 0.6 is 0 Å². The summed E-state index contributed by atoms with van der Waals surface area (Å²) in [5.74, 6) is 0.892. The van der Waals surface area contributed by atoms with Crippen LogP contribution in [0.1, 0.15) is 0 Å². The number of ether oxygens (including phenoxy) is 2. The molecule has 2 amide bonds. The Hall–Kier alpha value is -3.09. The zero-order valence-electron chi connectivity index (χ0n) is 10.8. The van der Waals surface area contributed by atoms with Crippen molar-refractivity contribution < 1.29 is 24.5 Å². The fourth-order valence-corrected chi connectivity index (χ4v) is 1.94. The molecule has 7 heteroatoms. The van der Waals surface area contributed by atoms with Crippen molar-refractivity contribution in [2.75, 3.05) is 17.4 Å². The highest BCUT2D eigenvalue weighted by Gasteiger charge is 2.14. The van der Waals surface area contributed by atoms with Crippen LogP contribution in [0.2, 0.25) is 0 Å². The Kier molecular flexibility index (Phi) is 3.15. The van der Waals surface area contributed by atoms with E-state index in [-0.39, 0.29) is 24.0 Å². The number of rotatable bonds is 2. The third kappa shape index (κ3) is 2.92. The first-order valence-corrected chi connectivity index (χ1v) is 6.11. The van der Waals surface area contributed by atoms with E-state index in [2.05, 4.69) is 10.6 Å². The highest BCUT2D eigenvalue weighted by atomic mass is 16.7. The summed E-state index contributed by atoms with van der Waals surface area (Å²) >= 11 is 0. The van der Waals surface area contributed by atoms with E-state index < -0.39 is 6.03 Å². The standard InChI is InChI=1S/C14H12N2O5/c17-10-3-9(4-11(18)6-10)16-14(19)15-8-1-2-12-13(5-8)21-7-20-12/h1-6,17-18H,7H2,(H2,15,16,19). The van der Waals surface area contributed by atoms with E-state index in [4.69, 9.17) is 9.47 Å². The Balaban J connectivity index is 1.69. The fraction of sp³-hybridized carbons (Fsp3) is 0.0714. The number of phenols is 2. The Bertz CT molecular complexity index is 682. The van der Waals surface area contributed by atoms with Crippen LogP contribution < -0.4 is 20.1 Å². The summed E-state index contributed by atoms with van der Waals surface area (Å²) in [5.41, 5.74) is 0.798. The van der Waals surface area contributed by atoms with Gasteiger partial charge in [-0.05, 0) is 12.1 Å².